The molecule has 0 fully saturated rings. The molecule has 0 aliphatic rings. The van der Waals surface area contributed by atoms with Crippen molar-refractivity contribution >= 4 is 33.9 Å². The number of ether oxygens (including phenoxy) is 1. The molecule has 130 valence electrons. The minimum Gasteiger partial charge on any atom is -0.393 e. The predicted molar refractivity (Wildman–Crippen MR) is 101 cm³/mol. The number of benzene rings is 1. The number of aryl methyl sites for hydroxylation is 1. The van der Waals surface area contributed by atoms with Gasteiger partial charge in [-0.1, -0.05) is 6.07 Å². The van der Waals surface area contributed by atoms with E-state index < -0.39 is 0 Å². The maximum Gasteiger partial charge on any atom is 0.159 e. The average Bonchev–Trinajstić information content (AvgIpc) is 2.58. The number of rotatable bonds is 6. The molecule has 0 bridgehead atoms. The number of aromatic nitrogens is 3. The molecule has 7 heteroatoms. The zero-order chi connectivity index (χ0) is 17.8. The van der Waals surface area contributed by atoms with Gasteiger partial charge in [-0.05, 0) is 38.1 Å². The van der Waals surface area contributed by atoms with Crippen LogP contribution in [0.4, 0.5) is 23.0 Å². The Morgan fingerprint density at radius 2 is 1.96 bits per heavy atom. The number of fused-ring (bicyclic) bond motifs is 1. The normalized spacial score (nSPS) is 12.1. The number of hydrogen-bond donors (Lipinski definition) is 3. The van der Waals surface area contributed by atoms with Gasteiger partial charge in [-0.2, -0.15) is 0 Å². The van der Waals surface area contributed by atoms with Crippen LogP contribution in [0.15, 0.2) is 36.7 Å². The summed E-state index contributed by atoms with van der Waals surface area (Å²) < 4.78 is 5.13. The number of nitrogens with one attached hydrogen (secondary N) is 2. The van der Waals surface area contributed by atoms with E-state index in [9.17, 15) is 0 Å². The van der Waals surface area contributed by atoms with Gasteiger partial charge in [0.2, 0.25) is 0 Å². The van der Waals surface area contributed by atoms with Crippen LogP contribution in [0.1, 0.15) is 12.6 Å². The summed E-state index contributed by atoms with van der Waals surface area (Å²) in [5.41, 5.74) is 9.49. The summed E-state index contributed by atoms with van der Waals surface area (Å²) in [7, 11) is 1.66. The molecule has 1 aromatic carbocycles. The van der Waals surface area contributed by atoms with Crippen LogP contribution in [0.3, 0.4) is 0 Å². The fourth-order valence-electron chi connectivity index (χ4n) is 2.63. The highest BCUT2D eigenvalue weighted by Gasteiger charge is 2.12. The first kappa shape index (κ1) is 16.9. The average molecular weight is 338 g/mol. The van der Waals surface area contributed by atoms with Crippen molar-refractivity contribution in [2.24, 2.45) is 0 Å². The topological polar surface area (TPSA) is 98.0 Å². The van der Waals surface area contributed by atoms with Gasteiger partial charge in [0, 0.05) is 29.9 Å². The lowest BCUT2D eigenvalue weighted by Crippen LogP contribution is -2.22. The summed E-state index contributed by atoms with van der Waals surface area (Å²) in [6.45, 7) is 4.53. The quantitative estimate of drug-likeness (QED) is 0.635. The second-order valence-corrected chi connectivity index (χ2v) is 5.94. The van der Waals surface area contributed by atoms with E-state index in [0.717, 1.165) is 22.3 Å². The lowest BCUT2D eigenvalue weighted by Gasteiger charge is -2.17. The number of methoxy groups -OCH3 is 1. The number of nitrogen functional groups attached to an aromatic ring is 1. The fraction of sp³-hybridized carbons (Fsp3) is 0.278. The first-order chi connectivity index (χ1) is 12.1. The van der Waals surface area contributed by atoms with E-state index in [1.54, 1.807) is 7.11 Å². The Morgan fingerprint density at radius 3 is 2.76 bits per heavy atom. The van der Waals surface area contributed by atoms with Gasteiger partial charge in [-0.3, -0.25) is 4.98 Å². The highest BCUT2D eigenvalue weighted by atomic mass is 16.5. The molecule has 0 aliphatic heterocycles. The molecule has 0 aliphatic carbocycles. The molecule has 1 atom stereocenters. The van der Waals surface area contributed by atoms with Crippen LogP contribution in [0, 0.1) is 6.92 Å². The highest BCUT2D eigenvalue weighted by Crippen LogP contribution is 2.29. The lowest BCUT2D eigenvalue weighted by molar-refractivity contribution is 0.190. The third-order valence-electron chi connectivity index (χ3n) is 3.81. The molecule has 2 aromatic heterocycles. The summed E-state index contributed by atoms with van der Waals surface area (Å²) in [6, 6.07) is 10.0. The van der Waals surface area contributed by atoms with Gasteiger partial charge >= 0.3 is 0 Å². The Hall–Kier alpha value is -2.93. The zero-order valence-corrected chi connectivity index (χ0v) is 14.6. The van der Waals surface area contributed by atoms with Gasteiger partial charge in [0.15, 0.2) is 11.6 Å². The van der Waals surface area contributed by atoms with E-state index >= 15 is 0 Å². The zero-order valence-electron chi connectivity index (χ0n) is 14.6. The standard InChI is InChI=1S/C18H22N6O/c1-11-7-8-13-14(22-11)5-4-6-15(13)24-18-16(19)17(20-10-21-18)23-12(2)9-25-3/h4-8,10,12H,9,19H2,1-3H3,(H2,20,21,23,24). The Morgan fingerprint density at radius 1 is 1.16 bits per heavy atom. The van der Waals surface area contributed by atoms with Gasteiger partial charge in [0.05, 0.1) is 12.1 Å². The van der Waals surface area contributed by atoms with Crippen molar-refractivity contribution in [3.05, 3.63) is 42.4 Å². The van der Waals surface area contributed by atoms with E-state index in [1.165, 1.54) is 6.33 Å². The third-order valence-corrected chi connectivity index (χ3v) is 3.81. The molecule has 3 rings (SSSR count). The van der Waals surface area contributed by atoms with Gasteiger partial charge in [-0.15, -0.1) is 0 Å². The molecular weight excluding hydrogens is 316 g/mol. The molecule has 3 aromatic rings. The van der Waals surface area contributed by atoms with E-state index in [2.05, 4.69) is 25.6 Å². The first-order valence-electron chi connectivity index (χ1n) is 8.08. The molecule has 25 heavy (non-hydrogen) atoms. The summed E-state index contributed by atoms with van der Waals surface area (Å²) in [5, 5.41) is 7.53. The molecule has 0 spiro atoms. The maximum atomic E-state index is 6.24. The van der Waals surface area contributed by atoms with E-state index in [0.29, 0.717) is 23.9 Å². The van der Waals surface area contributed by atoms with Crippen LogP contribution in [-0.2, 0) is 4.74 Å². The predicted octanol–water partition coefficient (Wildman–Crippen LogP) is 3.11. The van der Waals surface area contributed by atoms with Crippen LogP contribution in [-0.4, -0.2) is 34.7 Å². The molecular formula is C18H22N6O. The number of nitrogens with zero attached hydrogens (tertiary/aromatic N) is 3. The largest absolute Gasteiger partial charge is 0.393 e. The molecule has 0 amide bonds. The van der Waals surface area contributed by atoms with E-state index in [4.69, 9.17) is 10.5 Å². The minimum atomic E-state index is 0.0831. The van der Waals surface area contributed by atoms with Crippen molar-refractivity contribution in [1.82, 2.24) is 15.0 Å². The lowest BCUT2D eigenvalue weighted by atomic mass is 10.1. The maximum absolute atomic E-state index is 6.24. The Balaban J connectivity index is 1.91. The molecule has 7 nitrogen and oxygen atoms in total. The SMILES string of the molecule is COCC(C)Nc1ncnc(Nc2cccc3nc(C)ccc23)c1N. The number of nitrogens with two attached hydrogens (primary N) is 1. The van der Waals surface area contributed by atoms with Crippen molar-refractivity contribution in [3.63, 3.8) is 0 Å². The fourth-order valence-corrected chi connectivity index (χ4v) is 2.63. The van der Waals surface area contributed by atoms with Crippen LogP contribution < -0.4 is 16.4 Å². The van der Waals surface area contributed by atoms with Gasteiger partial charge < -0.3 is 21.1 Å². The van der Waals surface area contributed by atoms with E-state index in [-0.39, 0.29) is 6.04 Å². The molecule has 0 radical (unpaired) electrons. The van der Waals surface area contributed by atoms with Crippen LogP contribution in [0.5, 0.6) is 0 Å². The number of anilines is 4. The van der Waals surface area contributed by atoms with Crippen molar-refractivity contribution in [1.29, 1.82) is 0 Å². The Kier molecular flexibility index (Phi) is 4.95. The smallest absolute Gasteiger partial charge is 0.159 e. The summed E-state index contributed by atoms with van der Waals surface area (Å²) >= 11 is 0. The first-order valence-corrected chi connectivity index (χ1v) is 8.08. The Labute approximate surface area is 146 Å². The summed E-state index contributed by atoms with van der Waals surface area (Å²) in [4.78, 5) is 13.0. The van der Waals surface area contributed by atoms with Crippen LogP contribution in [0.2, 0.25) is 0 Å². The minimum absolute atomic E-state index is 0.0831. The Bertz CT molecular complexity index is 883. The van der Waals surface area contributed by atoms with Crippen molar-refractivity contribution in [2.45, 2.75) is 19.9 Å². The second kappa shape index (κ2) is 7.31. The van der Waals surface area contributed by atoms with Crippen LogP contribution >= 0.6 is 0 Å². The molecule has 4 N–H and O–H groups in total. The highest BCUT2D eigenvalue weighted by molar-refractivity contribution is 5.94. The molecule has 2 heterocycles. The van der Waals surface area contributed by atoms with E-state index in [1.807, 2.05) is 44.2 Å². The van der Waals surface area contributed by atoms with Gasteiger partial charge in [0.25, 0.3) is 0 Å². The number of hydrogen-bond acceptors (Lipinski definition) is 7. The summed E-state index contributed by atoms with van der Waals surface area (Å²) in [6.07, 6.45) is 1.48. The third kappa shape index (κ3) is 3.77. The second-order valence-electron chi connectivity index (χ2n) is 5.94. The van der Waals surface area contributed by atoms with Crippen molar-refractivity contribution < 1.29 is 4.74 Å². The van der Waals surface area contributed by atoms with Gasteiger partial charge in [-0.25, -0.2) is 9.97 Å². The summed E-state index contributed by atoms with van der Waals surface area (Å²) in [5.74, 6) is 1.13. The van der Waals surface area contributed by atoms with Crippen molar-refractivity contribution in [2.75, 3.05) is 30.1 Å². The van der Waals surface area contributed by atoms with Crippen molar-refractivity contribution in [3.8, 4) is 0 Å². The van der Waals surface area contributed by atoms with Gasteiger partial charge in [0.1, 0.15) is 12.0 Å². The number of pyridine rings is 1. The molecule has 0 saturated carbocycles. The molecule has 1 unspecified atom stereocenters. The van der Waals surface area contributed by atoms with Crippen LogP contribution in [0.25, 0.3) is 10.9 Å². The molecule has 0 saturated heterocycles. The monoisotopic (exact) mass is 338 g/mol.